The summed E-state index contributed by atoms with van der Waals surface area (Å²) in [6.45, 7) is 0. The number of hydrogen-bond donors (Lipinski definition) is 2. The summed E-state index contributed by atoms with van der Waals surface area (Å²) in [5, 5.41) is 4.16. The third kappa shape index (κ3) is 3.35. The summed E-state index contributed by atoms with van der Waals surface area (Å²) >= 11 is 6.09. The molecule has 1 aromatic heterocycles. The molecule has 0 atom stereocenters. The summed E-state index contributed by atoms with van der Waals surface area (Å²) in [6.07, 6.45) is 0. The Morgan fingerprint density at radius 1 is 0.815 bits per heavy atom. The van der Waals surface area contributed by atoms with Crippen LogP contribution in [0.4, 0.5) is 5.69 Å². The SMILES string of the molecule is O=C(Nc1c(C(=O)c2ccccc2)[nH]c2cc(Cl)ccc12)c1ccccc1. The predicted molar refractivity (Wildman–Crippen MR) is 108 cm³/mol. The van der Waals surface area contributed by atoms with Crippen molar-refractivity contribution in [1.82, 2.24) is 4.98 Å². The number of carbonyl (C=O) groups excluding carboxylic acids is 2. The first-order valence-electron chi connectivity index (χ1n) is 8.41. The molecule has 0 bridgehead atoms. The van der Waals surface area contributed by atoms with Crippen LogP contribution in [0.1, 0.15) is 26.4 Å². The van der Waals surface area contributed by atoms with Crippen molar-refractivity contribution in [1.29, 1.82) is 0 Å². The van der Waals surface area contributed by atoms with E-state index in [1.165, 1.54) is 0 Å². The molecular weight excluding hydrogens is 360 g/mol. The molecule has 0 aliphatic heterocycles. The summed E-state index contributed by atoms with van der Waals surface area (Å²) in [7, 11) is 0. The molecule has 1 amide bonds. The number of amides is 1. The molecule has 0 aliphatic carbocycles. The lowest BCUT2D eigenvalue weighted by molar-refractivity contribution is 0.102. The smallest absolute Gasteiger partial charge is 0.255 e. The number of carbonyl (C=O) groups is 2. The van der Waals surface area contributed by atoms with Crippen molar-refractivity contribution < 1.29 is 9.59 Å². The molecule has 132 valence electrons. The number of benzene rings is 3. The Labute approximate surface area is 160 Å². The Kier molecular flexibility index (Phi) is 4.48. The van der Waals surface area contributed by atoms with Gasteiger partial charge in [0, 0.05) is 27.1 Å². The highest BCUT2D eigenvalue weighted by atomic mass is 35.5. The molecule has 0 radical (unpaired) electrons. The highest BCUT2D eigenvalue weighted by molar-refractivity contribution is 6.31. The van der Waals surface area contributed by atoms with Gasteiger partial charge in [-0.1, -0.05) is 60.1 Å². The molecule has 4 nitrogen and oxygen atoms in total. The fraction of sp³-hybridized carbons (Fsp3) is 0. The van der Waals surface area contributed by atoms with Crippen LogP contribution in [-0.4, -0.2) is 16.7 Å². The summed E-state index contributed by atoms with van der Waals surface area (Å²) in [4.78, 5) is 28.8. The minimum absolute atomic E-state index is 0.203. The molecule has 0 fully saturated rings. The number of H-pyrrole nitrogens is 1. The minimum atomic E-state index is -0.284. The van der Waals surface area contributed by atoms with Crippen LogP contribution >= 0.6 is 11.6 Å². The van der Waals surface area contributed by atoms with E-state index in [1.807, 2.05) is 12.1 Å². The van der Waals surface area contributed by atoms with E-state index in [4.69, 9.17) is 11.6 Å². The second kappa shape index (κ2) is 7.09. The maximum absolute atomic E-state index is 13.0. The van der Waals surface area contributed by atoms with Gasteiger partial charge in [0.05, 0.1) is 5.69 Å². The van der Waals surface area contributed by atoms with Crippen molar-refractivity contribution in [2.45, 2.75) is 0 Å². The molecule has 0 aliphatic rings. The van der Waals surface area contributed by atoms with Gasteiger partial charge in [-0.3, -0.25) is 9.59 Å². The predicted octanol–water partition coefficient (Wildman–Crippen LogP) is 5.30. The van der Waals surface area contributed by atoms with Crippen LogP contribution in [-0.2, 0) is 0 Å². The molecule has 0 saturated heterocycles. The second-order valence-corrected chi connectivity index (χ2v) is 6.52. The highest BCUT2D eigenvalue weighted by Gasteiger charge is 2.21. The van der Waals surface area contributed by atoms with E-state index in [2.05, 4.69) is 10.3 Å². The number of hydrogen-bond acceptors (Lipinski definition) is 2. The average Bonchev–Trinajstić information content (AvgIpc) is 3.06. The molecule has 3 aromatic carbocycles. The Balaban J connectivity index is 1.82. The van der Waals surface area contributed by atoms with Crippen LogP contribution in [0, 0.1) is 0 Å². The Hall–Kier alpha value is -3.37. The summed E-state index contributed by atoms with van der Waals surface area (Å²) in [6, 6.07) is 23.0. The van der Waals surface area contributed by atoms with Gasteiger partial charge in [-0.15, -0.1) is 0 Å². The molecule has 0 unspecified atom stereocenters. The lowest BCUT2D eigenvalue weighted by Gasteiger charge is -2.07. The van der Waals surface area contributed by atoms with Crippen LogP contribution in [0.5, 0.6) is 0 Å². The second-order valence-electron chi connectivity index (χ2n) is 6.08. The number of ketones is 1. The van der Waals surface area contributed by atoms with Gasteiger partial charge in [0.1, 0.15) is 5.69 Å². The van der Waals surface area contributed by atoms with E-state index in [1.54, 1.807) is 66.7 Å². The molecule has 2 N–H and O–H groups in total. The van der Waals surface area contributed by atoms with E-state index >= 15 is 0 Å². The van der Waals surface area contributed by atoms with Crippen LogP contribution in [0.3, 0.4) is 0 Å². The van der Waals surface area contributed by atoms with Gasteiger partial charge in [-0.25, -0.2) is 0 Å². The zero-order chi connectivity index (χ0) is 18.8. The summed E-state index contributed by atoms with van der Waals surface area (Å²) < 4.78 is 0. The van der Waals surface area contributed by atoms with Crippen LogP contribution in [0.25, 0.3) is 10.9 Å². The highest BCUT2D eigenvalue weighted by Crippen LogP contribution is 2.31. The number of nitrogens with one attached hydrogen (secondary N) is 2. The molecule has 4 rings (SSSR count). The first-order valence-corrected chi connectivity index (χ1v) is 8.78. The van der Waals surface area contributed by atoms with Gasteiger partial charge >= 0.3 is 0 Å². The number of aromatic amines is 1. The molecular formula is C22H15ClN2O2. The first-order chi connectivity index (χ1) is 13.1. The zero-order valence-electron chi connectivity index (χ0n) is 14.2. The number of aromatic nitrogens is 1. The van der Waals surface area contributed by atoms with Crippen molar-refractivity contribution in [2.24, 2.45) is 0 Å². The van der Waals surface area contributed by atoms with Crippen LogP contribution in [0.15, 0.2) is 78.9 Å². The van der Waals surface area contributed by atoms with Crippen LogP contribution < -0.4 is 5.32 Å². The minimum Gasteiger partial charge on any atom is -0.350 e. The van der Waals surface area contributed by atoms with Gasteiger partial charge in [0.2, 0.25) is 5.78 Å². The van der Waals surface area contributed by atoms with Gasteiger partial charge in [-0.2, -0.15) is 0 Å². The van der Waals surface area contributed by atoms with Crippen molar-refractivity contribution in [3.8, 4) is 0 Å². The maximum atomic E-state index is 13.0. The molecule has 0 spiro atoms. The fourth-order valence-electron chi connectivity index (χ4n) is 2.98. The monoisotopic (exact) mass is 374 g/mol. The topological polar surface area (TPSA) is 62.0 Å². The number of rotatable bonds is 4. The summed E-state index contributed by atoms with van der Waals surface area (Å²) in [5.74, 6) is -0.486. The Morgan fingerprint density at radius 3 is 2.11 bits per heavy atom. The molecule has 27 heavy (non-hydrogen) atoms. The first kappa shape index (κ1) is 17.1. The molecule has 0 saturated carbocycles. The lowest BCUT2D eigenvalue weighted by Crippen LogP contribution is -2.14. The van der Waals surface area contributed by atoms with E-state index in [0.717, 1.165) is 5.39 Å². The Morgan fingerprint density at radius 2 is 1.44 bits per heavy atom. The van der Waals surface area contributed by atoms with E-state index in [9.17, 15) is 9.59 Å². The maximum Gasteiger partial charge on any atom is 0.255 e. The average molecular weight is 375 g/mol. The standard InChI is InChI=1S/C22H15ClN2O2/c23-16-11-12-17-18(13-16)24-20(21(26)14-7-3-1-4-8-14)19(17)25-22(27)15-9-5-2-6-10-15/h1-13,24H,(H,25,27). The van der Waals surface area contributed by atoms with E-state index < -0.39 is 0 Å². The van der Waals surface area contributed by atoms with Crippen molar-refractivity contribution in [3.63, 3.8) is 0 Å². The number of anilines is 1. The number of halogens is 1. The lowest BCUT2D eigenvalue weighted by atomic mass is 10.1. The zero-order valence-corrected chi connectivity index (χ0v) is 15.0. The van der Waals surface area contributed by atoms with E-state index in [0.29, 0.717) is 33.0 Å². The van der Waals surface area contributed by atoms with E-state index in [-0.39, 0.29) is 11.7 Å². The van der Waals surface area contributed by atoms with Crippen molar-refractivity contribution >= 4 is 39.9 Å². The summed E-state index contributed by atoms with van der Waals surface area (Å²) in [5.41, 5.74) is 2.50. The Bertz CT molecular complexity index is 1140. The number of fused-ring (bicyclic) bond motifs is 1. The largest absolute Gasteiger partial charge is 0.350 e. The van der Waals surface area contributed by atoms with Gasteiger partial charge in [0.25, 0.3) is 5.91 Å². The van der Waals surface area contributed by atoms with Crippen LogP contribution in [0.2, 0.25) is 5.02 Å². The van der Waals surface area contributed by atoms with Gasteiger partial charge in [0.15, 0.2) is 0 Å². The van der Waals surface area contributed by atoms with Gasteiger partial charge < -0.3 is 10.3 Å². The molecule has 4 aromatic rings. The molecule has 1 heterocycles. The third-order valence-corrected chi connectivity index (χ3v) is 4.53. The van der Waals surface area contributed by atoms with Crippen molar-refractivity contribution in [3.05, 3.63) is 101 Å². The van der Waals surface area contributed by atoms with Gasteiger partial charge in [-0.05, 0) is 30.3 Å². The quantitative estimate of drug-likeness (QED) is 0.476. The van der Waals surface area contributed by atoms with Crippen molar-refractivity contribution in [2.75, 3.05) is 5.32 Å². The third-order valence-electron chi connectivity index (χ3n) is 4.30. The molecule has 5 heteroatoms. The fourth-order valence-corrected chi connectivity index (χ4v) is 3.15. The normalized spacial score (nSPS) is 10.7.